The summed E-state index contributed by atoms with van der Waals surface area (Å²) in [4.78, 5) is 13.7. The van der Waals surface area contributed by atoms with Crippen LogP contribution >= 0.6 is 0 Å². The summed E-state index contributed by atoms with van der Waals surface area (Å²) >= 11 is 0. The van der Waals surface area contributed by atoms with Crippen LogP contribution in [0.4, 0.5) is 17.6 Å². The van der Waals surface area contributed by atoms with Crippen LogP contribution in [0.3, 0.4) is 0 Å². The summed E-state index contributed by atoms with van der Waals surface area (Å²) in [7, 11) is 4.09. The maximum absolute atomic E-state index is 13.3. The summed E-state index contributed by atoms with van der Waals surface area (Å²) in [5.41, 5.74) is 1.89. The molecule has 9 heteroatoms. The van der Waals surface area contributed by atoms with Gasteiger partial charge >= 0.3 is 11.9 Å². The molecule has 0 saturated carbocycles. The first-order valence-electron chi connectivity index (χ1n) is 9.89. The predicted octanol–water partition coefficient (Wildman–Crippen LogP) is 3.67. The Morgan fingerprint density at radius 2 is 1.25 bits per heavy atom. The second-order valence-electron chi connectivity index (χ2n) is 7.53. The molecule has 0 amide bonds. The number of nitrogens with zero attached hydrogens (tertiary/aromatic N) is 2. The maximum Gasteiger partial charge on any atom is 0.378 e. The van der Waals surface area contributed by atoms with Gasteiger partial charge in [0.15, 0.2) is 0 Å². The van der Waals surface area contributed by atoms with Crippen molar-refractivity contribution in [2.45, 2.75) is 24.9 Å². The van der Waals surface area contributed by atoms with Crippen molar-refractivity contribution in [1.82, 2.24) is 9.80 Å². The lowest BCUT2D eigenvalue weighted by molar-refractivity contribution is -0.171. The van der Waals surface area contributed by atoms with E-state index in [-0.39, 0.29) is 0 Å². The van der Waals surface area contributed by atoms with Gasteiger partial charge in [0, 0.05) is 13.1 Å². The molecule has 32 heavy (non-hydrogen) atoms. The van der Waals surface area contributed by atoms with E-state index < -0.39 is 37.5 Å². The molecule has 0 spiro atoms. The molecule has 178 valence electrons. The number of methoxy groups -OCH3 is 1. The molecule has 2 aromatic carbocycles. The largest absolute Gasteiger partial charge is 0.465 e. The van der Waals surface area contributed by atoms with E-state index in [1.807, 2.05) is 60.7 Å². The molecule has 0 aliphatic rings. The Hall–Kier alpha value is -2.49. The Morgan fingerprint density at radius 3 is 1.62 bits per heavy atom. The zero-order valence-corrected chi connectivity index (χ0v) is 18.5. The second kappa shape index (κ2) is 13.1. The zero-order chi connectivity index (χ0) is 24.2. The number of hydrogen-bond donors (Lipinski definition) is 1. The third kappa shape index (κ3) is 10.7. The topological polar surface area (TPSA) is 53.0 Å². The smallest absolute Gasteiger partial charge is 0.378 e. The third-order valence-electron chi connectivity index (χ3n) is 4.28. The summed E-state index contributed by atoms with van der Waals surface area (Å²) in [6, 6.07) is 18.6. The number of carbonyl (C=O) groups is 1. The molecule has 0 aliphatic carbocycles. The second-order valence-corrected chi connectivity index (χ2v) is 7.53. The molecule has 0 bridgehead atoms. The molecule has 0 heterocycles. The molecular formula is C23H30F4N2O3. The highest BCUT2D eigenvalue weighted by Gasteiger charge is 2.41. The Kier molecular flexibility index (Phi) is 11.3. The van der Waals surface area contributed by atoms with Gasteiger partial charge in [0.2, 0.25) is 0 Å². The molecule has 0 aromatic heterocycles. The molecule has 0 atom stereocenters. The van der Waals surface area contributed by atoms with E-state index in [9.17, 15) is 22.4 Å². The van der Waals surface area contributed by atoms with Gasteiger partial charge in [-0.3, -0.25) is 9.80 Å². The number of rotatable bonds is 10. The van der Waals surface area contributed by atoms with Crippen molar-refractivity contribution in [2.75, 3.05) is 40.9 Å². The Labute approximate surface area is 186 Å². The summed E-state index contributed by atoms with van der Waals surface area (Å²) in [6.07, 6.45) is 0. The first kappa shape index (κ1) is 27.5. The minimum absolute atomic E-state index is 0.355. The number of ether oxygens (including phenoxy) is 1. The molecule has 2 aromatic rings. The van der Waals surface area contributed by atoms with Crippen molar-refractivity contribution < 1.29 is 32.2 Å². The fourth-order valence-electron chi connectivity index (χ4n) is 2.90. The van der Waals surface area contributed by atoms with E-state index in [0.29, 0.717) is 13.1 Å². The van der Waals surface area contributed by atoms with Crippen LogP contribution in [0.2, 0.25) is 0 Å². The van der Waals surface area contributed by atoms with Crippen LogP contribution < -0.4 is 0 Å². The fraction of sp³-hybridized carbons (Fsp3) is 0.435. The van der Waals surface area contributed by atoms with Gasteiger partial charge in [-0.1, -0.05) is 60.7 Å². The van der Waals surface area contributed by atoms with E-state index in [4.69, 9.17) is 5.11 Å². The third-order valence-corrected chi connectivity index (χ3v) is 4.28. The Morgan fingerprint density at radius 1 is 0.844 bits per heavy atom. The Balaban J connectivity index is 0.000000323. The number of halogens is 4. The molecule has 0 radical (unpaired) electrons. The number of carbonyl (C=O) groups excluding carboxylic acids is 1. The lowest BCUT2D eigenvalue weighted by Gasteiger charge is -2.22. The summed E-state index contributed by atoms with van der Waals surface area (Å²) in [5, 5.41) is 8.43. The van der Waals surface area contributed by atoms with Crippen molar-refractivity contribution in [1.29, 1.82) is 0 Å². The molecule has 5 nitrogen and oxygen atoms in total. The number of aliphatic hydroxyl groups excluding tert-OH is 1. The molecule has 0 fully saturated rings. The van der Waals surface area contributed by atoms with Gasteiger partial charge in [-0.15, -0.1) is 0 Å². The number of benzene rings is 2. The number of hydrogen-bond acceptors (Lipinski definition) is 5. The highest BCUT2D eigenvalue weighted by atomic mass is 19.3. The minimum Gasteiger partial charge on any atom is -0.465 e. The molecule has 0 saturated heterocycles. The predicted molar refractivity (Wildman–Crippen MR) is 115 cm³/mol. The van der Waals surface area contributed by atoms with Gasteiger partial charge in [-0.2, -0.15) is 8.78 Å². The van der Waals surface area contributed by atoms with Gasteiger partial charge in [-0.05, 0) is 25.2 Å². The Bertz CT molecular complexity index is 792. The van der Waals surface area contributed by atoms with E-state index in [1.54, 1.807) is 7.05 Å². The van der Waals surface area contributed by atoms with Crippen molar-refractivity contribution in [3.05, 3.63) is 71.8 Å². The zero-order valence-electron chi connectivity index (χ0n) is 18.5. The lowest BCUT2D eigenvalue weighted by Crippen LogP contribution is -2.41. The highest BCUT2D eigenvalue weighted by molar-refractivity contribution is 5.77. The van der Waals surface area contributed by atoms with Gasteiger partial charge in [0.1, 0.15) is 6.61 Å². The maximum atomic E-state index is 13.3. The van der Waals surface area contributed by atoms with Gasteiger partial charge < -0.3 is 9.84 Å². The minimum atomic E-state index is -3.47. The highest BCUT2D eigenvalue weighted by Crippen LogP contribution is 2.18. The fourth-order valence-corrected chi connectivity index (χ4v) is 2.90. The normalized spacial score (nSPS) is 11.8. The number of aliphatic hydroxyl groups is 1. The van der Waals surface area contributed by atoms with Crippen LogP contribution in [0, 0.1) is 0 Å². The quantitative estimate of drug-likeness (QED) is 0.435. The number of esters is 1. The van der Waals surface area contributed by atoms with Crippen molar-refractivity contribution in [2.24, 2.45) is 0 Å². The van der Waals surface area contributed by atoms with Crippen LogP contribution in [-0.4, -0.2) is 73.6 Å². The standard InChI is InChI=1S/C12H15F2NO2.C11H15F2NO/c1-15(8-10-6-4-3-5-7-10)9-12(13,14)11(16)17-2;1-14(8-11(12,13)9-15)7-10-5-3-2-4-6-10/h3-7H,8-9H2,1-2H3;2-6,15H,7-9H2,1H3. The van der Waals surface area contributed by atoms with Crippen LogP contribution in [0.15, 0.2) is 60.7 Å². The molecular weight excluding hydrogens is 428 g/mol. The van der Waals surface area contributed by atoms with E-state index >= 15 is 0 Å². The first-order valence-corrected chi connectivity index (χ1v) is 9.89. The van der Waals surface area contributed by atoms with Crippen LogP contribution in [0.5, 0.6) is 0 Å². The molecule has 0 unspecified atom stereocenters. The summed E-state index contributed by atoms with van der Waals surface area (Å²) in [5.74, 6) is -8.00. The van der Waals surface area contributed by atoms with Crippen LogP contribution in [0.25, 0.3) is 0 Å². The molecule has 2 rings (SSSR count). The number of alkyl halides is 4. The van der Waals surface area contributed by atoms with Crippen molar-refractivity contribution >= 4 is 5.97 Å². The SMILES string of the molecule is CN(Cc1ccccc1)CC(F)(F)CO.COC(=O)C(F)(F)CN(C)Cc1ccccc1. The van der Waals surface area contributed by atoms with E-state index in [2.05, 4.69) is 4.74 Å². The van der Waals surface area contributed by atoms with Crippen molar-refractivity contribution in [3.63, 3.8) is 0 Å². The van der Waals surface area contributed by atoms with Gasteiger partial charge in [0.25, 0.3) is 5.92 Å². The van der Waals surface area contributed by atoms with E-state index in [1.165, 1.54) is 16.8 Å². The van der Waals surface area contributed by atoms with Crippen LogP contribution in [-0.2, 0) is 22.6 Å². The molecule has 1 N–H and O–H groups in total. The van der Waals surface area contributed by atoms with Gasteiger partial charge in [-0.25, -0.2) is 13.6 Å². The average Bonchev–Trinajstić information content (AvgIpc) is 2.74. The van der Waals surface area contributed by atoms with Gasteiger partial charge in [0.05, 0.1) is 20.2 Å². The monoisotopic (exact) mass is 458 g/mol. The first-order chi connectivity index (χ1) is 15.0. The van der Waals surface area contributed by atoms with Crippen LogP contribution in [0.1, 0.15) is 11.1 Å². The van der Waals surface area contributed by atoms with Crippen molar-refractivity contribution in [3.8, 4) is 0 Å². The lowest BCUT2D eigenvalue weighted by atomic mass is 10.2. The molecule has 0 aliphatic heterocycles. The average molecular weight is 458 g/mol. The van der Waals surface area contributed by atoms with E-state index in [0.717, 1.165) is 18.2 Å². The summed E-state index contributed by atoms with van der Waals surface area (Å²) < 4.78 is 56.2. The summed E-state index contributed by atoms with van der Waals surface area (Å²) in [6.45, 7) is -1.39.